The summed E-state index contributed by atoms with van der Waals surface area (Å²) in [7, 11) is 1.61. The highest BCUT2D eigenvalue weighted by Gasteiger charge is 2.32. The van der Waals surface area contributed by atoms with Gasteiger partial charge in [0.2, 0.25) is 5.91 Å². The van der Waals surface area contributed by atoms with Crippen molar-refractivity contribution < 1.29 is 9.53 Å². The van der Waals surface area contributed by atoms with Crippen LogP contribution >= 0.6 is 0 Å². The molecule has 0 atom stereocenters. The van der Waals surface area contributed by atoms with Crippen molar-refractivity contribution in [1.29, 1.82) is 0 Å². The lowest BCUT2D eigenvalue weighted by Crippen LogP contribution is -2.45. The predicted octanol–water partition coefficient (Wildman–Crippen LogP) is 2.84. The molecule has 168 valence electrons. The predicted molar refractivity (Wildman–Crippen MR) is 122 cm³/mol. The lowest BCUT2D eigenvalue weighted by atomic mass is 10.1. The van der Waals surface area contributed by atoms with Gasteiger partial charge in [-0.2, -0.15) is 0 Å². The van der Waals surface area contributed by atoms with E-state index in [2.05, 4.69) is 4.98 Å². The Morgan fingerprint density at radius 3 is 2.52 bits per heavy atom. The fourth-order valence-electron chi connectivity index (χ4n) is 4.19. The minimum absolute atomic E-state index is 0.0758. The second-order valence-electron chi connectivity index (χ2n) is 8.05. The zero-order valence-electron chi connectivity index (χ0n) is 18.4. The van der Waals surface area contributed by atoms with Crippen molar-refractivity contribution in [3.63, 3.8) is 0 Å². The van der Waals surface area contributed by atoms with Gasteiger partial charge in [-0.1, -0.05) is 38.3 Å². The normalized spacial score (nSPS) is 14.0. The van der Waals surface area contributed by atoms with Crippen molar-refractivity contribution in [2.24, 2.45) is 0 Å². The van der Waals surface area contributed by atoms with Gasteiger partial charge in [0.15, 0.2) is 5.69 Å². The van der Waals surface area contributed by atoms with Crippen LogP contribution in [0.25, 0.3) is 0 Å². The molecule has 1 aromatic heterocycles. The summed E-state index contributed by atoms with van der Waals surface area (Å²) >= 11 is 0. The van der Waals surface area contributed by atoms with Gasteiger partial charge in [-0.25, -0.2) is 4.79 Å². The van der Waals surface area contributed by atoms with E-state index in [9.17, 15) is 14.4 Å². The number of nitrogens with one attached hydrogen (secondary N) is 1. The summed E-state index contributed by atoms with van der Waals surface area (Å²) in [5, 5.41) is 0. The fraction of sp³-hybridized carbons (Fsp3) is 0.522. The highest BCUT2D eigenvalue weighted by Crippen LogP contribution is 2.30. The second kappa shape index (κ2) is 10.3. The second-order valence-corrected chi connectivity index (χ2v) is 8.05. The van der Waals surface area contributed by atoms with Gasteiger partial charge in [0.25, 0.3) is 5.56 Å². The summed E-state index contributed by atoms with van der Waals surface area (Å²) in [5.41, 5.74) is 6.30. The number of methoxy groups -OCH3 is 1. The number of amides is 1. The molecular formula is C23H32N4O4. The van der Waals surface area contributed by atoms with Gasteiger partial charge in [-0.15, -0.1) is 0 Å². The van der Waals surface area contributed by atoms with Gasteiger partial charge in [0.1, 0.15) is 11.6 Å². The zero-order valence-corrected chi connectivity index (χ0v) is 18.4. The highest BCUT2D eigenvalue weighted by atomic mass is 16.5. The minimum Gasteiger partial charge on any atom is -0.497 e. The van der Waals surface area contributed by atoms with Crippen LogP contribution in [0.3, 0.4) is 0 Å². The first-order valence-electron chi connectivity index (χ1n) is 11.0. The Morgan fingerprint density at radius 2 is 1.90 bits per heavy atom. The number of aryl methyl sites for hydroxylation is 1. The number of benzene rings is 1. The van der Waals surface area contributed by atoms with Crippen LogP contribution in [0.2, 0.25) is 0 Å². The quantitative estimate of drug-likeness (QED) is 0.638. The smallest absolute Gasteiger partial charge is 0.330 e. The molecule has 0 radical (unpaired) electrons. The molecule has 0 saturated heterocycles. The maximum atomic E-state index is 13.3. The van der Waals surface area contributed by atoms with Gasteiger partial charge in [0.05, 0.1) is 7.11 Å². The van der Waals surface area contributed by atoms with Crippen molar-refractivity contribution in [2.75, 3.05) is 17.7 Å². The Balaban J connectivity index is 1.91. The van der Waals surface area contributed by atoms with Crippen molar-refractivity contribution in [1.82, 2.24) is 9.55 Å². The Labute approximate surface area is 182 Å². The molecule has 1 aromatic carbocycles. The number of carbonyl (C=O) groups is 1. The number of carbonyl (C=O) groups excluding carboxylic acids is 1. The number of nitrogen functional groups attached to an aromatic ring is 1. The zero-order chi connectivity index (χ0) is 22.4. The van der Waals surface area contributed by atoms with Crippen LogP contribution in [0, 0.1) is 0 Å². The van der Waals surface area contributed by atoms with Crippen LogP contribution in [0.5, 0.6) is 5.75 Å². The first-order valence-corrected chi connectivity index (χ1v) is 11.0. The van der Waals surface area contributed by atoms with E-state index < -0.39 is 11.2 Å². The number of aromatic nitrogens is 2. The van der Waals surface area contributed by atoms with Crippen molar-refractivity contribution in [3.05, 3.63) is 50.7 Å². The lowest BCUT2D eigenvalue weighted by Gasteiger charge is -2.30. The minimum atomic E-state index is -0.597. The van der Waals surface area contributed by atoms with Gasteiger partial charge < -0.3 is 15.4 Å². The van der Waals surface area contributed by atoms with E-state index in [0.29, 0.717) is 13.0 Å². The first-order chi connectivity index (χ1) is 15.0. The molecule has 2 aromatic rings. The molecule has 1 saturated carbocycles. The number of ether oxygens (including phenoxy) is 1. The Morgan fingerprint density at radius 1 is 1.23 bits per heavy atom. The van der Waals surface area contributed by atoms with Crippen molar-refractivity contribution in [2.45, 2.75) is 70.9 Å². The Bertz CT molecular complexity index is 1000. The average molecular weight is 429 g/mol. The van der Waals surface area contributed by atoms with E-state index >= 15 is 0 Å². The van der Waals surface area contributed by atoms with Crippen molar-refractivity contribution >= 4 is 17.4 Å². The number of H-pyrrole nitrogens is 1. The number of rotatable bonds is 9. The Hall–Kier alpha value is -3.03. The summed E-state index contributed by atoms with van der Waals surface area (Å²) in [5.74, 6) is 0.684. The summed E-state index contributed by atoms with van der Waals surface area (Å²) in [6.07, 6.45) is 6.07. The number of nitrogens with two attached hydrogens (primary N) is 1. The maximum Gasteiger partial charge on any atom is 0.330 e. The van der Waals surface area contributed by atoms with Crippen molar-refractivity contribution in [3.8, 4) is 5.75 Å². The van der Waals surface area contributed by atoms with E-state index in [1.807, 2.05) is 31.2 Å². The monoisotopic (exact) mass is 428 g/mol. The summed E-state index contributed by atoms with van der Waals surface area (Å²) in [4.78, 5) is 42.4. The molecule has 8 heteroatoms. The number of nitrogens with zero attached hydrogens (tertiary/aromatic N) is 2. The maximum absolute atomic E-state index is 13.3. The molecule has 3 rings (SSSR count). The third-order valence-electron chi connectivity index (χ3n) is 5.94. The number of anilines is 2. The molecule has 0 aliphatic heterocycles. The molecule has 1 amide bonds. The van der Waals surface area contributed by atoms with Crippen LogP contribution in [0.15, 0.2) is 33.9 Å². The lowest BCUT2D eigenvalue weighted by molar-refractivity contribution is -0.119. The van der Waals surface area contributed by atoms with E-state index in [0.717, 1.165) is 49.8 Å². The molecule has 31 heavy (non-hydrogen) atoms. The summed E-state index contributed by atoms with van der Waals surface area (Å²) in [6.45, 7) is 2.42. The van der Waals surface area contributed by atoms with Gasteiger partial charge in [-0.05, 0) is 43.4 Å². The molecular weight excluding hydrogens is 396 g/mol. The molecule has 1 aliphatic rings. The average Bonchev–Trinajstić information content (AvgIpc) is 3.29. The molecule has 1 heterocycles. The number of hydrogen-bond donors (Lipinski definition) is 2. The molecule has 1 aliphatic carbocycles. The largest absolute Gasteiger partial charge is 0.497 e. The van der Waals surface area contributed by atoms with E-state index in [-0.39, 0.29) is 29.9 Å². The van der Waals surface area contributed by atoms with Crippen LogP contribution in [-0.4, -0.2) is 28.6 Å². The summed E-state index contributed by atoms with van der Waals surface area (Å²) < 4.78 is 6.55. The molecule has 3 N–H and O–H groups in total. The topological polar surface area (TPSA) is 110 Å². The number of unbranched alkanes of at least 4 members (excludes halogenated alkanes) is 1. The SMILES string of the molecule is CCCCn1c(N)c(N(C(=O)CCc2ccc(OC)cc2)C2CCCC2)c(=O)[nH]c1=O. The first kappa shape index (κ1) is 22.7. The molecule has 0 unspecified atom stereocenters. The molecule has 1 fully saturated rings. The molecule has 8 nitrogen and oxygen atoms in total. The Kier molecular flexibility index (Phi) is 7.55. The number of aromatic amines is 1. The van der Waals surface area contributed by atoms with Crippen LogP contribution in [-0.2, 0) is 17.8 Å². The van der Waals surface area contributed by atoms with Crippen LogP contribution in [0.4, 0.5) is 11.5 Å². The molecule has 0 bridgehead atoms. The van der Waals surface area contributed by atoms with Crippen LogP contribution in [0.1, 0.15) is 57.4 Å². The molecule has 0 spiro atoms. The third kappa shape index (κ3) is 5.18. The van der Waals surface area contributed by atoms with Crippen LogP contribution < -0.4 is 26.6 Å². The van der Waals surface area contributed by atoms with Gasteiger partial charge in [0, 0.05) is 19.0 Å². The highest BCUT2D eigenvalue weighted by molar-refractivity contribution is 5.96. The standard InChI is InChI=1S/C23H32N4O4/c1-3-4-15-26-21(24)20(22(29)25-23(26)30)27(17-7-5-6-8-17)19(28)14-11-16-9-12-18(31-2)13-10-16/h9-10,12-13,17H,3-8,11,14-15,24H2,1-2H3,(H,25,29,30). The van der Waals surface area contributed by atoms with E-state index in [1.54, 1.807) is 12.0 Å². The third-order valence-corrected chi connectivity index (χ3v) is 5.94. The van der Waals surface area contributed by atoms with E-state index in [4.69, 9.17) is 10.5 Å². The van der Waals surface area contributed by atoms with Gasteiger partial charge in [-0.3, -0.25) is 19.1 Å². The van der Waals surface area contributed by atoms with E-state index in [1.165, 1.54) is 4.57 Å². The fourth-order valence-corrected chi connectivity index (χ4v) is 4.19. The summed E-state index contributed by atoms with van der Waals surface area (Å²) in [6, 6.07) is 7.50. The van der Waals surface area contributed by atoms with Gasteiger partial charge >= 0.3 is 5.69 Å². The number of hydrogen-bond acceptors (Lipinski definition) is 5.